The zero-order valence-electron chi connectivity index (χ0n) is 8.87. The van der Waals surface area contributed by atoms with Gasteiger partial charge in [-0.15, -0.1) is 0 Å². The van der Waals surface area contributed by atoms with E-state index >= 15 is 0 Å². The van der Waals surface area contributed by atoms with Gasteiger partial charge < -0.3 is 14.9 Å². The first kappa shape index (κ1) is 12.3. The largest absolute Gasteiger partial charge is 0.392 e. The number of hydrogen-bond acceptors (Lipinski definition) is 5. The van der Waals surface area contributed by atoms with E-state index in [4.69, 9.17) is 4.52 Å². The van der Waals surface area contributed by atoms with E-state index in [1.807, 2.05) is 0 Å². The van der Waals surface area contributed by atoms with Gasteiger partial charge in [0.1, 0.15) is 0 Å². The molecule has 0 unspecified atom stereocenters. The molecule has 0 amide bonds. The quantitative estimate of drug-likeness (QED) is 0.837. The maximum atomic E-state index is 12.0. The van der Waals surface area contributed by atoms with Gasteiger partial charge in [-0.05, 0) is 6.42 Å². The molecule has 0 saturated carbocycles. The Balaban J connectivity index is 1.92. The van der Waals surface area contributed by atoms with Crippen LogP contribution in [0.25, 0.3) is 0 Å². The lowest BCUT2D eigenvalue weighted by Gasteiger charge is -2.02. The van der Waals surface area contributed by atoms with Crippen LogP contribution < -0.4 is 5.32 Å². The third kappa shape index (κ3) is 3.40. The van der Waals surface area contributed by atoms with Gasteiger partial charge >= 0.3 is 6.18 Å². The van der Waals surface area contributed by atoms with Crippen LogP contribution in [0.15, 0.2) is 4.52 Å². The van der Waals surface area contributed by atoms with Crippen molar-refractivity contribution < 1.29 is 22.8 Å². The normalized spacial score (nSPS) is 25.4. The van der Waals surface area contributed by atoms with Gasteiger partial charge in [-0.1, -0.05) is 5.16 Å². The van der Waals surface area contributed by atoms with Crippen LogP contribution in [0.4, 0.5) is 13.2 Å². The molecule has 0 aliphatic carbocycles. The van der Waals surface area contributed by atoms with Gasteiger partial charge in [-0.25, -0.2) is 0 Å². The lowest BCUT2D eigenvalue weighted by molar-refractivity contribution is -0.134. The van der Waals surface area contributed by atoms with Crippen molar-refractivity contribution in [2.24, 2.45) is 0 Å². The molecule has 2 heterocycles. The Morgan fingerprint density at radius 2 is 2.24 bits per heavy atom. The molecule has 1 saturated heterocycles. The van der Waals surface area contributed by atoms with E-state index in [2.05, 4.69) is 15.5 Å². The maximum absolute atomic E-state index is 12.0. The van der Waals surface area contributed by atoms with E-state index in [0.717, 1.165) is 0 Å². The number of rotatable bonds is 3. The number of halogens is 3. The van der Waals surface area contributed by atoms with Crippen molar-refractivity contribution in [3.8, 4) is 0 Å². The number of nitrogens with one attached hydrogen (secondary N) is 1. The molecule has 96 valence electrons. The predicted octanol–water partition coefficient (Wildman–Crippen LogP) is 0.960. The Kier molecular flexibility index (Phi) is 3.34. The van der Waals surface area contributed by atoms with Crippen LogP contribution in [0.1, 0.15) is 30.6 Å². The molecule has 1 aromatic rings. The topological polar surface area (TPSA) is 71.2 Å². The molecule has 2 N–H and O–H groups in total. The molecule has 5 nitrogen and oxygen atoms in total. The number of aryl methyl sites for hydroxylation is 1. The summed E-state index contributed by atoms with van der Waals surface area (Å²) in [4.78, 5) is 3.88. The fraction of sp³-hybridized carbons (Fsp3) is 0.778. The summed E-state index contributed by atoms with van der Waals surface area (Å²) in [6.45, 7) is 0.422. The highest BCUT2D eigenvalue weighted by molar-refractivity contribution is 4.97. The maximum Gasteiger partial charge on any atom is 0.389 e. The molecular weight excluding hydrogens is 239 g/mol. The molecule has 1 fully saturated rings. The molecule has 8 heteroatoms. The van der Waals surface area contributed by atoms with E-state index in [1.165, 1.54) is 0 Å². The van der Waals surface area contributed by atoms with Gasteiger partial charge in [0.15, 0.2) is 5.82 Å². The van der Waals surface area contributed by atoms with Crippen LogP contribution in [-0.4, -0.2) is 34.1 Å². The summed E-state index contributed by atoms with van der Waals surface area (Å²) in [7, 11) is 0. The molecule has 2 atom stereocenters. The van der Waals surface area contributed by atoms with Gasteiger partial charge in [-0.3, -0.25) is 0 Å². The van der Waals surface area contributed by atoms with Crippen LogP contribution in [-0.2, 0) is 6.42 Å². The minimum atomic E-state index is -4.22. The Labute approximate surface area is 95.0 Å². The highest BCUT2D eigenvalue weighted by atomic mass is 19.4. The van der Waals surface area contributed by atoms with Crippen molar-refractivity contribution in [1.82, 2.24) is 15.5 Å². The second-order valence-corrected chi connectivity index (χ2v) is 4.01. The molecule has 1 aromatic heterocycles. The SMILES string of the molecule is O[C@@H]1CN[C@H](c2nc(CCC(F)(F)F)no2)C1. The van der Waals surface area contributed by atoms with Crippen molar-refractivity contribution in [3.05, 3.63) is 11.7 Å². The number of β-amino-alcohol motifs (C(OH)–C–C–N with tert-alkyl or cyclic N) is 1. The van der Waals surface area contributed by atoms with Gasteiger partial charge in [0.25, 0.3) is 0 Å². The van der Waals surface area contributed by atoms with Crippen LogP contribution in [0, 0.1) is 0 Å². The van der Waals surface area contributed by atoms with Crippen LogP contribution in [0.5, 0.6) is 0 Å². The zero-order chi connectivity index (χ0) is 12.5. The van der Waals surface area contributed by atoms with Crippen molar-refractivity contribution in [1.29, 1.82) is 0 Å². The molecule has 0 aromatic carbocycles. The van der Waals surface area contributed by atoms with Crippen molar-refractivity contribution >= 4 is 0 Å². The monoisotopic (exact) mass is 251 g/mol. The summed E-state index contributed by atoms with van der Waals surface area (Å²) in [5.41, 5.74) is 0. The van der Waals surface area contributed by atoms with Crippen molar-refractivity contribution in [2.75, 3.05) is 6.54 Å². The van der Waals surface area contributed by atoms with Gasteiger partial charge in [0, 0.05) is 13.0 Å². The van der Waals surface area contributed by atoms with E-state index in [0.29, 0.717) is 13.0 Å². The lowest BCUT2D eigenvalue weighted by Crippen LogP contribution is -2.15. The standard InChI is InChI=1S/C9H12F3N3O2/c10-9(11,12)2-1-7-14-8(17-15-7)6-3-5(16)4-13-6/h5-6,13,16H,1-4H2/t5-,6-/m0/s1. The molecule has 0 radical (unpaired) electrons. The predicted molar refractivity (Wildman–Crippen MR) is 50.0 cm³/mol. The Bertz CT molecular complexity index is 380. The van der Waals surface area contributed by atoms with E-state index in [9.17, 15) is 18.3 Å². The van der Waals surface area contributed by atoms with E-state index in [-0.39, 0.29) is 24.2 Å². The van der Waals surface area contributed by atoms with Gasteiger partial charge in [0.05, 0.1) is 18.6 Å². The third-order valence-electron chi connectivity index (χ3n) is 2.52. The second-order valence-electron chi connectivity index (χ2n) is 4.01. The summed E-state index contributed by atoms with van der Waals surface area (Å²) in [6, 6.07) is -0.267. The van der Waals surface area contributed by atoms with Gasteiger partial charge in [-0.2, -0.15) is 18.2 Å². The fourth-order valence-electron chi connectivity index (χ4n) is 1.67. The lowest BCUT2D eigenvalue weighted by atomic mass is 10.2. The average Bonchev–Trinajstić information content (AvgIpc) is 2.81. The minimum absolute atomic E-state index is 0.0421. The molecule has 0 spiro atoms. The Morgan fingerprint density at radius 3 is 2.82 bits per heavy atom. The number of aromatic nitrogens is 2. The first-order valence-corrected chi connectivity index (χ1v) is 5.25. The van der Waals surface area contributed by atoms with Crippen LogP contribution in [0.2, 0.25) is 0 Å². The number of nitrogens with zero attached hydrogens (tertiary/aromatic N) is 2. The first-order chi connectivity index (χ1) is 7.94. The molecule has 17 heavy (non-hydrogen) atoms. The summed E-state index contributed by atoms with van der Waals surface area (Å²) >= 11 is 0. The third-order valence-corrected chi connectivity index (χ3v) is 2.52. The number of alkyl halides is 3. The summed E-state index contributed by atoms with van der Waals surface area (Å²) in [5.74, 6) is 0.277. The summed E-state index contributed by atoms with van der Waals surface area (Å²) in [5, 5.41) is 15.7. The molecular formula is C9H12F3N3O2. The van der Waals surface area contributed by atoms with Crippen molar-refractivity contribution in [2.45, 2.75) is 37.6 Å². The highest BCUT2D eigenvalue weighted by Crippen LogP contribution is 2.24. The number of aliphatic hydroxyl groups excluding tert-OH is 1. The molecule has 1 aliphatic heterocycles. The smallest absolute Gasteiger partial charge is 0.389 e. The van der Waals surface area contributed by atoms with Gasteiger partial charge in [0.2, 0.25) is 5.89 Å². The van der Waals surface area contributed by atoms with Crippen molar-refractivity contribution in [3.63, 3.8) is 0 Å². The fourth-order valence-corrected chi connectivity index (χ4v) is 1.67. The Morgan fingerprint density at radius 1 is 1.47 bits per heavy atom. The first-order valence-electron chi connectivity index (χ1n) is 5.25. The average molecular weight is 251 g/mol. The minimum Gasteiger partial charge on any atom is -0.392 e. The summed E-state index contributed by atoms with van der Waals surface area (Å²) < 4.78 is 40.8. The summed E-state index contributed by atoms with van der Waals surface area (Å²) in [6.07, 6.45) is -5.52. The number of aliphatic hydroxyl groups is 1. The second kappa shape index (κ2) is 4.61. The Hall–Kier alpha value is -1.15. The highest BCUT2D eigenvalue weighted by Gasteiger charge is 2.30. The molecule has 2 rings (SSSR count). The van der Waals surface area contributed by atoms with E-state index < -0.39 is 18.7 Å². The van der Waals surface area contributed by atoms with E-state index in [1.54, 1.807) is 0 Å². The molecule has 1 aliphatic rings. The van der Waals surface area contributed by atoms with Crippen LogP contribution >= 0.6 is 0 Å². The molecule has 0 bridgehead atoms. The van der Waals surface area contributed by atoms with Crippen LogP contribution in [0.3, 0.4) is 0 Å². The zero-order valence-corrected chi connectivity index (χ0v) is 8.87. The number of hydrogen-bond donors (Lipinski definition) is 2.